The molecule has 0 aliphatic carbocycles. The normalized spacial score (nSPS) is 18.7. The monoisotopic (exact) mass is 290 g/mol. The lowest BCUT2D eigenvalue weighted by Crippen LogP contribution is -2.44. The summed E-state index contributed by atoms with van der Waals surface area (Å²) in [4.78, 5) is 2.54. The predicted molar refractivity (Wildman–Crippen MR) is 88.8 cm³/mol. The van der Waals surface area contributed by atoms with Gasteiger partial charge in [-0.3, -0.25) is 4.90 Å². The van der Waals surface area contributed by atoms with Crippen molar-refractivity contribution in [2.24, 2.45) is 5.41 Å². The summed E-state index contributed by atoms with van der Waals surface area (Å²) >= 11 is 0. The van der Waals surface area contributed by atoms with Gasteiger partial charge in [-0.15, -0.1) is 0 Å². The van der Waals surface area contributed by atoms with E-state index >= 15 is 0 Å². The quantitative estimate of drug-likeness (QED) is 0.870. The highest BCUT2D eigenvalue weighted by atomic mass is 16.5. The van der Waals surface area contributed by atoms with E-state index in [0.717, 1.165) is 38.5 Å². The van der Waals surface area contributed by atoms with Gasteiger partial charge in [0.05, 0.1) is 0 Å². The van der Waals surface area contributed by atoms with E-state index in [0.29, 0.717) is 11.5 Å². The highest BCUT2D eigenvalue weighted by Crippen LogP contribution is 2.27. The largest absolute Gasteiger partial charge is 0.492 e. The van der Waals surface area contributed by atoms with E-state index in [1.807, 2.05) is 0 Å². The van der Waals surface area contributed by atoms with Crippen molar-refractivity contribution in [2.75, 3.05) is 26.2 Å². The van der Waals surface area contributed by atoms with Crippen molar-refractivity contribution in [2.45, 2.75) is 46.7 Å². The molecule has 3 nitrogen and oxygen atoms in total. The molecule has 1 N–H and O–H groups in total. The summed E-state index contributed by atoms with van der Waals surface area (Å²) in [5.74, 6) is 1.05. The van der Waals surface area contributed by atoms with Crippen LogP contribution in [-0.4, -0.2) is 37.2 Å². The Hall–Kier alpha value is -1.06. The van der Waals surface area contributed by atoms with Crippen LogP contribution in [0.3, 0.4) is 0 Å². The first-order valence-corrected chi connectivity index (χ1v) is 8.19. The Morgan fingerprint density at radius 1 is 1.33 bits per heavy atom. The Labute approximate surface area is 129 Å². The molecule has 0 bridgehead atoms. The first kappa shape index (κ1) is 16.3. The van der Waals surface area contributed by atoms with Crippen molar-refractivity contribution in [3.05, 3.63) is 29.8 Å². The average Bonchev–Trinajstić information content (AvgIpc) is 2.66. The smallest absolute Gasteiger partial charge is 0.123 e. The predicted octanol–water partition coefficient (Wildman–Crippen LogP) is 3.30. The highest BCUT2D eigenvalue weighted by Gasteiger charge is 2.27. The molecule has 1 aromatic rings. The van der Waals surface area contributed by atoms with Gasteiger partial charge in [-0.1, -0.05) is 45.9 Å². The van der Waals surface area contributed by atoms with E-state index in [2.05, 4.69) is 62.2 Å². The number of ether oxygens (including phenoxy) is 1. The maximum atomic E-state index is 5.87. The molecular weight excluding hydrogens is 260 g/mol. The van der Waals surface area contributed by atoms with Crippen LogP contribution < -0.4 is 10.1 Å². The fourth-order valence-electron chi connectivity index (χ4n) is 2.80. The molecule has 118 valence electrons. The lowest BCUT2D eigenvalue weighted by Gasteiger charge is -2.35. The Balaban J connectivity index is 2.01. The molecule has 1 heterocycles. The molecular formula is C18H30N2O. The Morgan fingerprint density at radius 2 is 2.10 bits per heavy atom. The van der Waals surface area contributed by atoms with Crippen molar-refractivity contribution in [1.29, 1.82) is 0 Å². The van der Waals surface area contributed by atoms with Crippen LogP contribution in [-0.2, 0) is 6.54 Å². The molecule has 0 aromatic heterocycles. The number of rotatable bonds is 6. The number of para-hydroxylation sites is 1. The van der Waals surface area contributed by atoms with Crippen molar-refractivity contribution < 1.29 is 4.74 Å². The van der Waals surface area contributed by atoms with Crippen LogP contribution in [0.2, 0.25) is 0 Å². The van der Waals surface area contributed by atoms with Crippen LogP contribution in [0.25, 0.3) is 0 Å². The summed E-state index contributed by atoms with van der Waals surface area (Å²) in [6.07, 6.45) is 1.19. The lowest BCUT2D eigenvalue weighted by molar-refractivity contribution is 0.137. The number of nitrogens with zero attached hydrogens (tertiary/aromatic N) is 1. The summed E-state index contributed by atoms with van der Waals surface area (Å²) < 4.78 is 5.87. The molecule has 0 amide bonds. The molecule has 0 saturated carbocycles. The molecule has 0 radical (unpaired) electrons. The number of hydrogen-bond donors (Lipinski definition) is 1. The standard InChI is InChI=1S/C18H30N2O/c1-5-18(4,13-19-15(2)3)14-20-10-11-21-17-9-7-6-8-16(17)12-20/h6-9,15,19H,5,10-14H2,1-4H3. The third kappa shape index (κ3) is 4.72. The van der Waals surface area contributed by atoms with E-state index < -0.39 is 0 Å². The SMILES string of the molecule is CCC(C)(CNC(C)C)CN1CCOc2ccccc2C1. The Morgan fingerprint density at radius 3 is 2.81 bits per heavy atom. The van der Waals surface area contributed by atoms with Gasteiger partial charge in [0.2, 0.25) is 0 Å². The Bertz CT molecular complexity index is 447. The van der Waals surface area contributed by atoms with Gasteiger partial charge >= 0.3 is 0 Å². The van der Waals surface area contributed by atoms with Crippen LogP contribution in [0.4, 0.5) is 0 Å². The zero-order chi connectivity index (χ0) is 15.3. The summed E-state index contributed by atoms with van der Waals surface area (Å²) in [6, 6.07) is 8.97. The first-order chi connectivity index (χ1) is 10.0. The van der Waals surface area contributed by atoms with E-state index in [1.54, 1.807) is 0 Å². The molecule has 0 saturated heterocycles. The highest BCUT2D eigenvalue weighted by molar-refractivity contribution is 5.33. The molecule has 1 aliphatic rings. The van der Waals surface area contributed by atoms with Crippen LogP contribution in [0.5, 0.6) is 5.75 Å². The molecule has 1 aliphatic heterocycles. The summed E-state index contributed by atoms with van der Waals surface area (Å²) in [5, 5.41) is 3.60. The second kappa shape index (κ2) is 7.28. The van der Waals surface area contributed by atoms with Crippen molar-refractivity contribution in [3.8, 4) is 5.75 Å². The fourth-order valence-corrected chi connectivity index (χ4v) is 2.80. The zero-order valence-electron chi connectivity index (χ0n) is 14.0. The minimum absolute atomic E-state index is 0.309. The van der Waals surface area contributed by atoms with E-state index in [9.17, 15) is 0 Å². The van der Waals surface area contributed by atoms with Gasteiger partial charge in [-0.25, -0.2) is 0 Å². The fraction of sp³-hybridized carbons (Fsp3) is 0.667. The van der Waals surface area contributed by atoms with Crippen molar-refractivity contribution in [1.82, 2.24) is 10.2 Å². The summed E-state index contributed by atoms with van der Waals surface area (Å²) in [6.45, 7) is 14.1. The topological polar surface area (TPSA) is 24.5 Å². The maximum Gasteiger partial charge on any atom is 0.123 e. The second-order valence-corrected chi connectivity index (χ2v) is 6.87. The average molecular weight is 290 g/mol. The number of nitrogens with one attached hydrogen (secondary N) is 1. The van der Waals surface area contributed by atoms with Gasteiger partial charge in [0, 0.05) is 37.8 Å². The van der Waals surface area contributed by atoms with Crippen LogP contribution >= 0.6 is 0 Å². The minimum atomic E-state index is 0.309. The van der Waals surface area contributed by atoms with Crippen molar-refractivity contribution in [3.63, 3.8) is 0 Å². The van der Waals surface area contributed by atoms with Crippen LogP contribution in [0.15, 0.2) is 24.3 Å². The molecule has 21 heavy (non-hydrogen) atoms. The molecule has 1 unspecified atom stereocenters. The molecule has 0 fully saturated rings. The lowest BCUT2D eigenvalue weighted by atomic mass is 9.86. The van der Waals surface area contributed by atoms with Crippen molar-refractivity contribution >= 4 is 0 Å². The summed E-state index contributed by atoms with van der Waals surface area (Å²) in [5.41, 5.74) is 1.62. The molecule has 2 rings (SSSR count). The Kier molecular flexibility index (Phi) is 5.65. The third-order valence-electron chi connectivity index (χ3n) is 4.43. The number of hydrogen-bond acceptors (Lipinski definition) is 3. The summed E-state index contributed by atoms with van der Waals surface area (Å²) in [7, 11) is 0. The number of fused-ring (bicyclic) bond motifs is 1. The second-order valence-electron chi connectivity index (χ2n) is 6.87. The van der Waals surface area contributed by atoms with Gasteiger partial charge in [0.15, 0.2) is 0 Å². The molecule has 1 atom stereocenters. The molecule has 0 spiro atoms. The van der Waals surface area contributed by atoms with Gasteiger partial charge < -0.3 is 10.1 Å². The first-order valence-electron chi connectivity index (χ1n) is 8.19. The minimum Gasteiger partial charge on any atom is -0.492 e. The van der Waals surface area contributed by atoms with Crippen LogP contribution in [0.1, 0.15) is 39.7 Å². The molecule has 1 aromatic carbocycles. The van der Waals surface area contributed by atoms with Gasteiger partial charge in [-0.05, 0) is 17.9 Å². The number of benzene rings is 1. The van der Waals surface area contributed by atoms with E-state index in [-0.39, 0.29) is 0 Å². The van der Waals surface area contributed by atoms with Crippen LogP contribution in [0, 0.1) is 5.41 Å². The van der Waals surface area contributed by atoms with Gasteiger partial charge in [0.1, 0.15) is 12.4 Å². The van der Waals surface area contributed by atoms with Gasteiger partial charge in [-0.2, -0.15) is 0 Å². The van der Waals surface area contributed by atoms with E-state index in [1.165, 1.54) is 12.0 Å². The third-order valence-corrected chi connectivity index (χ3v) is 4.43. The zero-order valence-corrected chi connectivity index (χ0v) is 14.0. The van der Waals surface area contributed by atoms with E-state index in [4.69, 9.17) is 4.74 Å². The molecule has 3 heteroatoms. The maximum absolute atomic E-state index is 5.87. The van der Waals surface area contributed by atoms with Gasteiger partial charge in [0.25, 0.3) is 0 Å².